The van der Waals surface area contributed by atoms with Crippen LogP contribution in [-0.2, 0) is 6.54 Å². The molecule has 0 saturated carbocycles. The molecule has 1 aromatic carbocycles. The van der Waals surface area contributed by atoms with Crippen LogP contribution in [0.2, 0.25) is 0 Å². The number of rotatable bonds is 3. The van der Waals surface area contributed by atoms with E-state index in [1.807, 2.05) is 25.2 Å². The zero-order valence-corrected chi connectivity index (χ0v) is 8.28. The Labute approximate surface area is 86.5 Å². The van der Waals surface area contributed by atoms with Gasteiger partial charge in [-0.3, -0.25) is 0 Å². The molecular weight excluding hydrogens is 194 g/mol. The van der Waals surface area contributed by atoms with Gasteiger partial charge in [-0.2, -0.15) is 0 Å². The molecule has 0 amide bonds. The highest BCUT2D eigenvalue weighted by Crippen LogP contribution is 2.23. The third-order valence-electron chi connectivity index (χ3n) is 2.20. The lowest BCUT2D eigenvalue weighted by atomic mass is 10.1. The second-order valence-electron chi connectivity index (χ2n) is 3.28. The minimum absolute atomic E-state index is 0.0199. The van der Waals surface area contributed by atoms with Gasteiger partial charge in [-0.1, -0.05) is 18.2 Å². The van der Waals surface area contributed by atoms with E-state index < -0.39 is 5.97 Å². The summed E-state index contributed by atoms with van der Waals surface area (Å²) in [6.45, 7) is 0.657. The van der Waals surface area contributed by atoms with Crippen molar-refractivity contribution in [2.45, 2.75) is 6.54 Å². The lowest BCUT2D eigenvalue weighted by Crippen LogP contribution is -2.04. The molecule has 4 heteroatoms. The summed E-state index contributed by atoms with van der Waals surface area (Å²) in [6.07, 6.45) is 0. The van der Waals surface area contributed by atoms with E-state index in [1.165, 1.54) is 6.07 Å². The van der Waals surface area contributed by atoms with Crippen LogP contribution >= 0.6 is 0 Å². The van der Waals surface area contributed by atoms with Gasteiger partial charge in [0.2, 0.25) is 5.76 Å². The topological polar surface area (TPSA) is 62.5 Å². The van der Waals surface area contributed by atoms with Crippen molar-refractivity contribution in [3.8, 4) is 0 Å². The molecular formula is C11H11NO3. The molecule has 0 atom stereocenters. The van der Waals surface area contributed by atoms with Crippen molar-refractivity contribution in [3.63, 3.8) is 0 Å². The Kier molecular flexibility index (Phi) is 2.43. The third kappa shape index (κ3) is 1.71. The molecule has 0 radical (unpaired) electrons. The van der Waals surface area contributed by atoms with E-state index in [9.17, 15) is 4.79 Å². The molecule has 2 rings (SSSR count). The number of aromatic carboxylic acids is 1. The van der Waals surface area contributed by atoms with Gasteiger partial charge in [-0.05, 0) is 13.1 Å². The summed E-state index contributed by atoms with van der Waals surface area (Å²) in [5.74, 6) is -1.06. The minimum atomic E-state index is -1.04. The number of para-hydroxylation sites is 1. The van der Waals surface area contributed by atoms with E-state index >= 15 is 0 Å². The van der Waals surface area contributed by atoms with Crippen LogP contribution in [0.1, 0.15) is 16.1 Å². The van der Waals surface area contributed by atoms with Gasteiger partial charge in [-0.15, -0.1) is 0 Å². The second kappa shape index (κ2) is 3.74. The van der Waals surface area contributed by atoms with Crippen molar-refractivity contribution in [1.29, 1.82) is 0 Å². The molecule has 0 fully saturated rings. The molecule has 0 aliphatic rings. The molecule has 2 aromatic rings. The van der Waals surface area contributed by atoms with Crippen LogP contribution in [0.3, 0.4) is 0 Å². The molecule has 1 aromatic heterocycles. The maximum absolute atomic E-state index is 10.7. The summed E-state index contributed by atoms with van der Waals surface area (Å²) >= 11 is 0. The summed E-state index contributed by atoms with van der Waals surface area (Å²) in [6, 6.07) is 7.17. The highest BCUT2D eigenvalue weighted by molar-refractivity contribution is 5.92. The molecule has 4 nitrogen and oxygen atoms in total. The fraction of sp³-hybridized carbons (Fsp3) is 0.182. The number of benzene rings is 1. The van der Waals surface area contributed by atoms with Crippen molar-refractivity contribution >= 4 is 16.9 Å². The monoisotopic (exact) mass is 205 g/mol. The van der Waals surface area contributed by atoms with Gasteiger partial charge in [-0.25, -0.2) is 4.79 Å². The highest BCUT2D eigenvalue weighted by atomic mass is 16.4. The quantitative estimate of drug-likeness (QED) is 0.802. The maximum Gasteiger partial charge on any atom is 0.371 e. The number of nitrogens with one attached hydrogen (secondary N) is 1. The van der Waals surface area contributed by atoms with Crippen LogP contribution in [0.4, 0.5) is 0 Å². The standard InChI is InChI=1S/C11H11NO3/c1-12-6-8-4-2-3-7-5-9(11(13)14)15-10(7)8/h2-5,12H,6H2,1H3,(H,13,14). The number of carboxylic acids is 1. The Morgan fingerprint density at radius 3 is 3.00 bits per heavy atom. The molecule has 2 N–H and O–H groups in total. The minimum Gasteiger partial charge on any atom is -0.475 e. The summed E-state index contributed by atoms with van der Waals surface area (Å²) < 4.78 is 5.27. The van der Waals surface area contributed by atoms with Gasteiger partial charge < -0.3 is 14.8 Å². The predicted octanol–water partition coefficient (Wildman–Crippen LogP) is 1.85. The van der Waals surface area contributed by atoms with Crippen molar-refractivity contribution < 1.29 is 14.3 Å². The van der Waals surface area contributed by atoms with E-state index in [1.54, 1.807) is 0 Å². The first-order chi connectivity index (χ1) is 7.22. The summed E-state index contributed by atoms with van der Waals surface area (Å²) in [5.41, 5.74) is 1.60. The van der Waals surface area contributed by atoms with Gasteiger partial charge >= 0.3 is 5.97 Å². The average molecular weight is 205 g/mol. The Morgan fingerprint density at radius 2 is 2.33 bits per heavy atom. The first kappa shape index (κ1) is 9.73. The van der Waals surface area contributed by atoms with Gasteiger partial charge in [0.25, 0.3) is 0 Å². The van der Waals surface area contributed by atoms with Gasteiger partial charge in [0.1, 0.15) is 5.58 Å². The van der Waals surface area contributed by atoms with Gasteiger partial charge in [0.15, 0.2) is 0 Å². The number of fused-ring (bicyclic) bond motifs is 1. The number of hydrogen-bond acceptors (Lipinski definition) is 3. The van der Waals surface area contributed by atoms with Crippen molar-refractivity contribution in [3.05, 3.63) is 35.6 Å². The average Bonchev–Trinajstić information content (AvgIpc) is 2.63. The molecule has 15 heavy (non-hydrogen) atoms. The van der Waals surface area contributed by atoms with E-state index in [2.05, 4.69) is 5.32 Å². The number of hydrogen-bond donors (Lipinski definition) is 2. The smallest absolute Gasteiger partial charge is 0.371 e. The van der Waals surface area contributed by atoms with E-state index in [4.69, 9.17) is 9.52 Å². The molecule has 0 aliphatic carbocycles. The summed E-state index contributed by atoms with van der Waals surface area (Å²) in [7, 11) is 1.83. The Bertz CT molecular complexity index is 502. The van der Waals surface area contributed by atoms with Crippen LogP contribution in [-0.4, -0.2) is 18.1 Å². The Morgan fingerprint density at radius 1 is 1.53 bits per heavy atom. The van der Waals surface area contributed by atoms with Crippen molar-refractivity contribution in [1.82, 2.24) is 5.32 Å². The molecule has 0 spiro atoms. The van der Waals surface area contributed by atoms with Gasteiger partial charge in [0.05, 0.1) is 0 Å². The Hall–Kier alpha value is -1.81. The first-order valence-electron chi connectivity index (χ1n) is 4.61. The summed E-state index contributed by atoms with van der Waals surface area (Å²) in [4.78, 5) is 10.7. The fourth-order valence-corrected chi connectivity index (χ4v) is 1.56. The third-order valence-corrected chi connectivity index (χ3v) is 2.20. The van der Waals surface area contributed by atoms with Crippen molar-refractivity contribution in [2.75, 3.05) is 7.05 Å². The van der Waals surface area contributed by atoms with Crippen LogP contribution in [0.15, 0.2) is 28.7 Å². The molecule has 0 bridgehead atoms. The normalized spacial score (nSPS) is 10.7. The number of furan rings is 1. The van der Waals surface area contributed by atoms with E-state index in [0.717, 1.165) is 10.9 Å². The number of carboxylic acid groups (broad SMARTS) is 1. The van der Waals surface area contributed by atoms with E-state index in [-0.39, 0.29) is 5.76 Å². The first-order valence-corrected chi connectivity index (χ1v) is 4.61. The van der Waals surface area contributed by atoms with Crippen LogP contribution in [0, 0.1) is 0 Å². The SMILES string of the molecule is CNCc1cccc2cc(C(=O)O)oc12. The van der Waals surface area contributed by atoms with E-state index in [0.29, 0.717) is 12.1 Å². The molecule has 0 aliphatic heterocycles. The second-order valence-corrected chi connectivity index (χ2v) is 3.28. The maximum atomic E-state index is 10.7. The van der Waals surface area contributed by atoms with Crippen LogP contribution in [0.25, 0.3) is 11.0 Å². The molecule has 0 unspecified atom stereocenters. The van der Waals surface area contributed by atoms with Gasteiger partial charge in [0, 0.05) is 17.5 Å². The zero-order valence-electron chi connectivity index (χ0n) is 8.28. The lowest BCUT2D eigenvalue weighted by Gasteiger charge is -1.99. The molecule has 1 heterocycles. The zero-order chi connectivity index (χ0) is 10.8. The largest absolute Gasteiger partial charge is 0.475 e. The summed E-state index contributed by atoms with van der Waals surface area (Å²) in [5, 5.41) is 12.6. The lowest BCUT2D eigenvalue weighted by molar-refractivity contribution is 0.0665. The molecule has 0 saturated heterocycles. The van der Waals surface area contributed by atoms with Crippen LogP contribution in [0.5, 0.6) is 0 Å². The molecule has 78 valence electrons. The fourth-order valence-electron chi connectivity index (χ4n) is 1.56. The Balaban J connectivity index is 2.59. The highest BCUT2D eigenvalue weighted by Gasteiger charge is 2.12. The number of carbonyl (C=O) groups is 1. The van der Waals surface area contributed by atoms with Crippen LogP contribution < -0.4 is 5.32 Å². The van der Waals surface area contributed by atoms with Crippen molar-refractivity contribution in [2.24, 2.45) is 0 Å². The predicted molar refractivity (Wildman–Crippen MR) is 55.9 cm³/mol.